The molecule has 3 rings (SSSR count). The number of hydrogen-bond acceptors (Lipinski definition) is 3. The number of amides is 2. The molecule has 0 radical (unpaired) electrons. The Kier molecular flexibility index (Phi) is 3.61. The quantitative estimate of drug-likeness (QED) is 0.735. The molecule has 1 spiro atoms. The number of imide groups is 1. The van der Waals surface area contributed by atoms with Crippen LogP contribution in [0.3, 0.4) is 0 Å². The number of nitrogens with zero attached hydrogens (tertiary/aromatic N) is 1. The van der Waals surface area contributed by atoms with Crippen molar-refractivity contribution in [1.29, 1.82) is 0 Å². The summed E-state index contributed by atoms with van der Waals surface area (Å²) in [7, 11) is 0. The van der Waals surface area contributed by atoms with E-state index in [4.69, 9.17) is 0 Å². The van der Waals surface area contributed by atoms with Gasteiger partial charge in [-0.2, -0.15) is 0 Å². The lowest BCUT2D eigenvalue weighted by molar-refractivity contribution is -0.144. The topological polar surface area (TPSA) is 49.4 Å². The third-order valence-corrected chi connectivity index (χ3v) is 5.13. The summed E-state index contributed by atoms with van der Waals surface area (Å²) in [6.45, 7) is 1.80. The summed E-state index contributed by atoms with van der Waals surface area (Å²) >= 11 is 0. The van der Waals surface area contributed by atoms with Crippen LogP contribution in [0.5, 0.6) is 0 Å². The first-order valence-electron chi connectivity index (χ1n) is 7.80. The van der Waals surface area contributed by atoms with E-state index in [-0.39, 0.29) is 23.3 Å². The summed E-state index contributed by atoms with van der Waals surface area (Å²) in [6.07, 6.45) is 9.01. The largest absolute Gasteiger partial charge is 0.315 e. The van der Waals surface area contributed by atoms with E-state index < -0.39 is 0 Å². The lowest BCUT2D eigenvalue weighted by atomic mass is 9.79. The number of nitrogens with one attached hydrogen (secondary N) is 1. The number of carbonyl (C=O) groups is 2. The molecule has 2 amide bonds. The molecule has 4 heteroatoms. The van der Waals surface area contributed by atoms with E-state index in [0.717, 1.165) is 51.6 Å². The van der Waals surface area contributed by atoms with Crippen LogP contribution in [0.4, 0.5) is 0 Å². The highest BCUT2D eigenvalue weighted by Gasteiger charge is 2.52. The fourth-order valence-electron chi connectivity index (χ4n) is 4.04. The van der Waals surface area contributed by atoms with Gasteiger partial charge in [0.2, 0.25) is 11.8 Å². The number of piperidine rings is 1. The van der Waals surface area contributed by atoms with Crippen molar-refractivity contribution in [3.8, 4) is 0 Å². The molecular formula is C15H24N2O2. The number of likely N-dealkylation sites (tertiary alicyclic amines) is 1. The third kappa shape index (κ3) is 2.31. The second kappa shape index (κ2) is 5.23. The number of rotatable bonds is 1. The van der Waals surface area contributed by atoms with Crippen LogP contribution in [0, 0.1) is 5.41 Å². The molecular weight excluding hydrogens is 240 g/mol. The van der Waals surface area contributed by atoms with Crippen LogP contribution in [0.25, 0.3) is 0 Å². The monoisotopic (exact) mass is 264 g/mol. The number of hydrogen-bond donors (Lipinski definition) is 1. The zero-order valence-corrected chi connectivity index (χ0v) is 11.6. The van der Waals surface area contributed by atoms with Crippen LogP contribution >= 0.6 is 0 Å². The minimum atomic E-state index is -0.328. The van der Waals surface area contributed by atoms with Gasteiger partial charge in [-0.15, -0.1) is 0 Å². The molecule has 1 saturated carbocycles. The lowest BCUT2D eigenvalue weighted by Crippen LogP contribution is -2.49. The van der Waals surface area contributed by atoms with E-state index in [1.807, 2.05) is 0 Å². The van der Waals surface area contributed by atoms with Gasteiger partial charge in [0, 0.05) is 13.0 Å². The van der Waals surface area contributed by atoms with E-state index in [1.165, 1.54) is 12.8 Å². The molecule has 1 atom stereocenters. The average molecular weight is 264 g/mol. The maximum atomic E-state index is 12.8. The molecule has 0 aromatic carbocycles. The average Bonchev–Trinajstić information content (AvgIpc) is 2.60. The summed E-state index contributed by atoms with van der Waals surface area (Å²) in [5.74, 6) is 0.230. The van der Waals surface area contributed by atoms with E-state index in [0.29, 0.717) is 6.42 Å². The van der Waals surface area contributed by atoms with E-state index >= 15 is 0 Å². The summed E-state index contributed by atoms with van der Waals surface area (Å²) in [5.41, 5.74) is -0.328. The highest BCUT2D eigenvalue weighted by atomic mass is 16.2. The van der Waals surface area contributed by atoms with Crippen LogP contribution in [0.15, 0.2) is 0 Å². The van der Waals surface area contributed by atoms with Gasteiger partial charge >= 0.3 is 0 Å². The van der Waals surface area contributed by atoms with Crippen molar-refractivity contribution in [2.24, 2.45) is 5.41 Å². The first-order valence-corrected chi connectivity index (χ1v) is 7.80. The van der Waals surface area contributed by atoms with Crippen molar-refractivity contribution in [2.75, 3.05) is 13.1 Å². The van der Waals surface area contributed by atoms with Gasteiger partial charge in [0.05, 0.1) is 11.5 Å². The molecule has 106 valence electrons. The zero-order valence-electron chi connectivity index (χ0n) is 11.6. The van der Waals surface area contributed by atoms with Gasteiger partial charge < -0.3 is 5.32 Å². The highest BCUT2D eigenvalue weighted by Crippen LogP contribution is 2.45. The first-order chi connectivity index (χ1) is 9.23. The van der Waals surface area contributed by atoms with Crippen LogP contribution in [0.1, 0.15) is 57.8 Å². The Morgan fingerprint density at radius 2 is 1.79 bits per heavy atom. The van der Waals surface area contributed by atoms with Crippen molar-refractivity contribution in [3.63, 3.8) is 0 Å². The van der Waals surface area contributed by atoms with Gasteiger partial charge in [0.25, 0.3) is 0 Å². The first kappa shape index (κ1) is 13.1. The van der Waals surface area contributed by atoms with Gasteiger partial charge in [-0.1, -0.05) is 25.7 Å². The predicted molar refractivity (Wildman–Crippen MR) is 72.5 cm³/mol. The molecule has 1 unspecified atom stereocenters. The molecule has 4 nitrogen and oxygen atoms in total. The summed E-state index contributed by atoms with van der Waals surface area (Å²) in [5, 5.41) is 3.31. The maximum Gasteiger partial charge on any atom is 0.236 e. The summed E-state index contributed by atoms with van der Waals surface area (Å²) < 4.78 is 0. The van der Waals surface area contributed by atoms with Gasteiger partial charge in [0.1, 0.15) is 0 Å². The highest BCUT2D eigenvalue weighted by molar-refractivity contribution is 6.06. The Bertz CT molecular complexity index is 366. The smallest absolute Gasteiger partial charge is 0.236 e. The van der Waals surface area contributed by atoms with Gasteiger partial charge in [0.15, 0.2) is 0 Å². The van der Waals surface area contributed by atoms with Crippen LogP contribution < -0.4 is 5.32 Å². The van der Waals surface area contributed by atoms with Crippen molar-refractivity contribution in [1.82, 2.24) is 10.2 Å². The Morgan fingerprint density at radius 3 is 2.42 bits per heavy atom. The van der Waals surface area contributed by atoms with Crippen molar-refractivity contribution in [2.45, 2.75) is 63.8 Å². The molecule has 2 saturated heterocycles. The SMILES string of the molecule is O=C1CC2(CCCCCC2)C(=O)N1C1CCCNC1. The fraction of sp³-hybridized carbons (Fsp3) is 0.867. The molecule has 2 heterocycles. The van der Waals surface area contributed by atoms with Crippen molar-refractivity contribution < 1.29 is 9.59 Å². The van der Waals surface area contributed by atoms with Crippen molar-refractivity contribution in [3.05, 3.63) is 0 Å². The Hall–Kier alpha value is -0.900. The molecule has 1 N–H and O–H groups in total. The number of carbonyl (C=O) groups excluding carboxylic acids is 2. The predicted octanol–water partition coefficient (Wildman–Crippen LogP) is 1.84. The van der Waals surface area contributed by atoms with Gasteiger partial charge in [-0.3, -0.25) is 14.5 Å². The fourth-order valence-corrected chi connectivity index (χ4v) is 4.04. The molecule has 0 aromatic heterocycles. The lowest BCUT2D eigenvalue weighted by Gasteiger charge is -2.32. The molecule has 1 aliphatic carbocycles. The van der Waals surface area contributed by atoms with E-state index in [9.17, 15) is 9.59 Å². The Morgan fingerprint density at radius 1 is 1.05 bits per heavy atom. The van der Waals surface area contributed by atoms with Gasteiger partial charge in [-0.25, -0.2) is 0 Å². The Balaban J connectivity index is 1.79. The van der Waals surface area contributed by atoms with Crippen LogP contribution in [-0.2, 0) is 9.59 Å². The van der Waals surface area contributed by atoms with E-state index in [1.54, 1.807) is 4.90 Å². The molecule has 3 fully saturated rings. The maximum absolute atomic E-state index is 12.8. The molecule has 19 heavy (non-hydrogen) atoms. The molecule has 0 aromatic rings. The Labute approximate surface area is 114 Å². The normalized spacial score (nSPS) is 31.8. The standard InChI is InChI=1S/C15H24N2O2/c18-13-10-15(7-3-1-2-4-8-15)14(19)17(13)12-6-5-9-16-11-12/h12,16H,1-11H2. The van der Waals surface area contributed by atoms with Gasteiger partial charge in [-0.05, 0) is 32.2 Å². The minimum Gasteiger partial charge on any atom is -0.315 e. The molecule has 2 aliphatic heterocycles. The van der Waals surface area contributed by atoms with Crippen LogP contribution in [0.2, 0.25) is 0 Å². The minimum absolute atomic E-state index is 0.0839. The van der Waals surface area contributed by atoms with Crippen molar-refractivity contribution >= 4 is 11.8 Å². The second-order valence-corrected chi connectivity index (χ2v) is 6.44. The third-order valence-electron chi connectivity index (χ3n) is 5.13. The second-order valence-electron chi connectivity index (χ2n) is 6.44. The van der Waals surface area contributed by atoms with Crippen LogP contribution in [-0.4, -0.2) is 35.8 Å². The summed E-state index contributed by atoms with van der Waals surface area (Å²) in [6, 6.07) is 0.108. The molecule has 3 aliphatic rings. The zero-order chi connectivity index (χ0) is 13.3. The summed E-state index contributed by atoms with van der Waals surface area (Å²) in [4.78, 5) is 26.8. The van der Waals surface area contributed by atoms with E-state index in [2.05, 4.69) is 5.32 Å². The molecule has 0 bridgehead atoms.